The Kier molecular flexibility index (Phi) is 1.33. The number of rotatable bonds is 1. The molecule has 1 aliphatic rings. The predicted molar refractivity (Wildman–Crippen MR) is 41.6 cm³/mol. The first kappa shape index (κ1) is 6.84. The fraction of sp³-hybridized carbons (Fsp3) is 0. The molecule has 59 valence electrons. The minimum atomic E-state index is -0.967. The first-order valence-electron chi connectivity index (χ1n) is 3.39. The van der Waals surface area contributed by atoms with Crippen molar-refractivity contribution in [1.29, 1.82) is 0 Å². The topological polar surface area (TPSA) is 64.3 Å². The van der Waals surface area contributed by atoms with Gasteiger partial charge in [0.15, 0.2) is 5.82 Å². The number of carboxylic acid groups (broad SMARTS) is 1. The number of pyridine rings is 1. The second kappa shape index (κ2) is 2.34. The Labute approximate surface area is 68.6 Å². The molecule has 0 spiro atoms. The molecule has 4 heteroatoms. The SMILES string of the molecule is O=C(O)C1=C[N]c2ncccc21. The lowest BCUT2D eigenvalue weighted by molar-refractivity contribution is -0.130. The molecule has 1 aromatic rings. The van der Waals surface area contributed by atoms with Gasteiger partial charge in [-0.2, -0.15) is 0 Å². The van der Waals surface area contributed by atoms with E-state index in [2.05, 4.69) is 10.3 Å². The van der Waals surface area contributed by atoms with Crippen LogP contribution < -0.4 is 5.32 Å². The van der Waals surface area contributed by atoms with Gasteiger partial charge in [0.2, 0.25) is 0 Å². The molecule has 2 rings (SSSR count). The zero-order chi connectivity index (χ0) is 8.55. The molecule has 1 N–H and O–H groups in total. The molecule has 0 amide bonds. The lowest BCUT2D eigenvalue weighted by Crippen LogP contribution is -1.96. The van der Waals surface area contributed by atoms with Crippen LogP contribution in [0.4, 0.5) is 5.82 Å². The van der Waals surface area contributed by atoms with E-state index < -0.39 is 5.97 Å². The highest BCUT2D eigenvalue weighted by Gasteiger charge is 2.20. The highest BCUT2D eigenvalue weighted by molar-refractivity contribution is 6.17. The van der Waals surface area contributed by atoms with Gasteiger partial charge in [-0.1, -0.05) is 0 Å². The summed E-state index contributed by atoms with van der Waals surface area (Å²) in [7, 11) is 0. The van der Waals surface area contributed by atoms with Crippen LogP contribution in [0.1, 0.15) is 5.56 Å². The van der Waals surface area contributed by atoms with Crippen molar-refractivity contribution in [3.05, 3.63) is 30.1 Å². The van der Waals surface area contributed by atoms with E-state index >= 15 is 0 Å². The predicted octanol–water partition coefficient (Wildman–Crippen LogP) is 0.757. The van der Waals surface area contributed by atoms with Crippen molar-refractivity contribution in [1.82, 2.24) is 10.3 Å². The number of hydrogen-bond donors (Lipinski definition) is 1. The Morgan fingerprint density at radius 1 is 1.50 bits per heavy atom. The van der Waals surface area contributed by atoms with Crippen LogP contribution in [0, 0.1) is 0 Å². The quantitative estimate of drug-likeness (QED) is 0.661. The van der Waals surface area contributed by atoms with Gasteiger partial charge < -0.3 is 5.11 Å². The van der Waals surface area contributed by atoms with Crippen molar-refractivity contribution < 1.29 is 9.90 Å². The third-order valence-electron chi connectivity index (χ3n) is 1.62. The van der Waals surface area contributed by atoms with Crippen LogP contribution in [0.2, 0.25) is 0 Å². The molecular weight excluding hydrogens is 156 g/mol. The van der Waals surface area contributed by atoms with Crippen LogP contribution in [0.5, 0.6) is 0 Å². The van der Waals surface area contributed by atoms with Gasteiger partial charge in [0.1, 0.15) is 0 Å². The number of nitrogens with zero attached hydrogens (tertiary/aromatic N) is 2. The van der Waals surface area contributed by atoms with E-state index in [1.807, 2.05) is 0 Å². The molecule has 0 unspecified atom stereocenters. The normalized spacial score (nSPS) is 13.2. The van der Waals surface area contributed by atoms with Gasteiger partial charge in [0, 0.05) is 18.0 Å². The van der Waals surface area contributed by atoms with Crippen LogP contribution in [0.25, 0.3) is 5.57 Å². The number of aliphatic carboxylic acids is 1. The second-order valence-corrected chi connectivity index (χ2v) is 2.35. The Morgan fingerprint density at radius 2 is 2.33 bits per heavy atom. The minimum Gasteiger partial charge on any atom is -0.478 e. The summed E-state index contributed by atoms with van der Waals surface area (Å²) in [6, 6.07) is 3.38. The lowest BCUT2D eigenvalue weighted by atomic mass is 10.1. The Morgan fingerprint density at radius 3 is 3.08 bits per heavy atom. The Balaban J connectivity index is 2.52. The summed E-state index contributed by atoms with van der Waals surface area (Å²) in [5.74, 6) is -0.486. The standard InChI is InChI=1S/C8H5N2O2/c11-8(12)6-4-10-7-5(6)2-1-3-9-7/h1-4H,(H,11,12). The average Bonchev–Trinajstić information content (AvgIpc) is 2.47. The molecule has 0 aliphatic carbocycles. The van der Waals surface area contributed by atoms with Crippen LogP contribution in [0.3, 0.4) is 0 Å². The van der Waals surface area contributed by atoms with Gasteiger partial charge >= 0.3 is 5.97 Å². The molecule has 0 atom stereocenters. The highest BCUT2D eigenvalue weighted by atomic mass is 16.4. The van der Waals surface area contributed by atoms with E-state index in [4.69, 9.17) is 5.11 Å². The first-order chi connectivity index (χ1) is 5.79. The third-order valence-corrected chi connectivity index (χ3v) is 1.62. The molecule has 0 saturated heterocycles. The highest BCUT2D eigenvalue weighted by Crippen LogP contribution is 2.27. The van der Waals surface area contributed by atoms with Gasteiger partial charge in [-0.15, -0.1) is 0 Å². The van der Waals surface area contributed by atoms with Crippen molar-refractivity contribution >= 4 is 17.4 Å². The van der Waals surface area contributed by atoms with Crippen molar-refractivity contribution in [3.8, 4) is 0 Å². The molecule has 1 aromatic heterocycles. The van der Waals surface area contributed by atoms with Crippen molar-refractivity contribution in [2.45, 2.75) is 0 Å². The summed E-state index contributed by atoms with van der Waals surface area (Å²) in [6.07, 6.45) is 2.90. The summed E-state index contributed by atoms with van der Waals surface area (Å²) in [6.45, 7) is 0. The second-order valence-electron chi connectivity index (χ2n) is 2.35. The van der Waals surface area contributed by atoms with E-state index in [9.17, 15) is 4.79 Å². The number of fused-ring (bicyclic) bond motifs is 1. The first-order valence-corrected chi connectivity index (χ1v) is 3.39. The summed E-state index contributed by atoms with van der Waals surface area (Å²) >= 11 is 0. The molecule has 0 saturated carbocycles. The van der Waals surface area contributed by atoms with Gasteiger partial charge in [-0.05, 0) is 12.1 Å². The van der Waals surface area contributed by atoms with Gasteiger partial charge in [0.05, 0.1) is 5.57 Å². The molecule has 4 nitrogen and oxygen atoms in total. The third kappa shape index (κ3) is 0.852. The van der Waals surface area contributed by atoms with E-state index in [0.29, 0.717) is 11.4 Å². The minimum absolute atomic E-state index is 0.207. The number of carbonyl (C=O) groups is 1. The molecular formula is C8H5N2O2. The summed E-state index contributed by atoms with van der Waals surface area (Å²) in [5.41, 5.74) is 0.795. The van der Waals surface area contributed by atoms with Crippen LogP contribution >= 0.6 is 0 Å². The molecule has 0 aromatic carbocycles. The molecule has 2 heterocycles. The summed E-state index contributed by atoms with van der Waals surface area (Å²) in [5, 5.41) is 12.6. The molecule has 1 aliphatic heterocycles. The van der Waals surface area contributed by atoms with Gasteiger partial charge in [-0.25, -0.2) is 15.1 Å². The maximum Gasteiger partial charge on any atom is 0.338 e. The van der Waals surface area contributed by atoms with Crippen LogP contribution in [0.15, 0.2) is 24.5 Å². The monoisotopic (exact) mass is 161 g/mol. The largest absolute Gasteiger partial charge is 0.478 e. The average molecular weight is 161 g/mol. The molecule has 0 fully saturated rings. The van der Waals surface area contributed by atoms with Crippen LogP contribution in [-0.2, 0) is 4.79 Å². The fourth-order valence-corrected chi connectivity index (χ4v) is 1.08. The fourth-order valence-electron chi connectivity index (χ4n) is 1.08. The molecule has 0 bridgehead atoms. The van der Waals surface area contributed by atoms with Crippen molar-refractivity contribution in [3.63, 3.8) is 0 Å². The number of aromatic nitrogens is 1. The van der Waals surface area contributed by atoms with E-state index in [1.54, 1.807) is 18.3 Å². The van der Waals surface area contributed by atoms with Gasteiger partial charge in [-0.3, -0.25) is 0 Å². The molecule has 1 radical (unpaired) electrons. The zero-order valence-corrected chi connectivity index (χ0v) is 6.06. The van der Waals surface area contributed by atoms with E-state index in [-0.39, 0.29) is 5.57 Å². The Bertz CT molecular complexity index is 371. The number of carboxylic acids is 1. The maximum atomic E-state index is 10.6. The molecule has 12 heavy (non-hydrogen) atoms. The maximum absolute atomic E-state index is 10.6. The van der Waals surface area contributed by atoms with E-state index in [0.717, 1.165) is 0 Å². The van der Waals surface area contributed by atoms with Crippen molar-refractivity contribution in [2.24, 2.45) is 0 Å². The summed E-state index contributed by atoms with van der Waals surface area (Å²) < 4.78 is 0. The lowest BCUT2D eigenvalue weighted by Gasteiger charge is -1.95. The van der Waals surface area contributed by atoms with Gasteiger partial charge in [0.25, 0.3) is 0 Å². The zero-order valence-electron chi connectivity index (χ0n) is 6.06. The van der Waals surface area contributed by atoms with Crippen molar-refractivity contribution in [2.75, 3.05) is 0 Å². The van der Waals surface area contributed by atoms with E-state index in [1.165, 1.54) is 6.20 Å². The number of hydrogen-bond acceptors (Lipinski definition) is 2. The Hall–Kier alpha value is -1.84. The van der Waals surface area contributed by atoms with Crippen LogP contribution in [-0.4, -0.2) is 16.1 Å². The summed E-state index contributed by atoms with van der Waals surface area (Å²) in [4.78, 5) is 14.5. The smallest absolute Gasteiger partial charge is 0.338 e.